The van der Waals surface area contributed by atoms with E-state index < -0.39 is 0 Å². The third-order valence-electron chi connectivity index (χ3n) is 3.63. The fourth-order valence-corrected chi connectivity index (χ4v) is 3.34. The van der Waals surface area contributed by atoms with Crippen LogP contribution in [0.2, 0.25) is 0 Å². The predicted octanol–water partition coefficient (Wildman–Crippen LogP) is 3.74. The number of rotatable bonds is 5. The quantitative estimate of drug-likeness (QED) is 0.542. The molecule has 7 nitrogen and oxygen atoms in total. The number of hydrogen-bond acceptors (Lipinski definition) is 7. The van der Waals surface area contributed by atoms with Crippen molar-refractivity contribution in [3.63, 3.8) is 0 Å². The van der Waals surface area contributed by atoms with Gasteiger partial charge in [0.1, 0.15) is 0 Å². The molecule has 1 aliphatic rings. The van der Waals surface area contributed by atoms with Crippen LogP contribution in [0.15, 0.2) is 42.5 Å². The SMILES string of the molecule is O=C(Nc1nnc(NCc2ccc3c(c2)OCO3)s1)c1ccc(I)cc1. The second kappa shape index (κ2) is 7.46. The van der Waals surface area contributed by atoms with Gasteiger partial charge in [-0.3, -0.25) is 10.1 Å². The van der Waals surface area contributed by atoms with Crippen LogP contribution in [-0.2, 0) is 6.54 Å². The highest BCUT2D eigenvalue weighted by atomic mass is 127. The summed E-state index contributed by atoms with van der Waals surface area (Å²) in [5.41, 5.74) is 1.62. The zero-order valence-corrected chi connectivity index (χ0v) is 16.3. The Bertz CT molecular complexity index is 945. The lowest BCUT2D eigenvalue weighted by Crippen LogP contribution is -2.11. The molecule has 0 saturated heterocycles. The van der Waals surface area contributed by atoms with Gasteiger partial charge in [0.15, 0.2) is 11.5 Å². The summed E-state index contributed by atoms with van der Waals surface area (Å²) in [5, 5.41) is 15.1. The van der Waals surface area contributed by atoms with Crippen molar-refractivity contribution in [2.75, 3.05) is 17.4 Å². The smallest absolute Gasteiger partial charge is 0.257 e. The molecule has 0 radical (unpaired) electrons. The molecule has 0 unspecified atom stereocenters. The number of amides is 1. The van der Waals surface area contributed by atoms with E-state index in [0.717, 1.165) is 20.6 Å². The van der Waals surface area contributed by atoms with E-state index >= 15 is 0 Å². The molecule has 26 heavy (non-hydrogen) atoms. The van der Waals surface area contributed by atoms with Gasteiger partial charge in [0, 0.05) is 15.7 Å². The van der Waals surface area contributed by atoms with Crippen molar-refractivity contribution >= 4 is 50.1 Å². The van der Waals surface area contributed by atoms with Gasteiger partial charge in [0.25, 0.3) is 5.91 Å². The number of benzene rings is 2. The number of halogens is 1. The van der Waals surface area contributed by atoms with Crippen LogP contribution < -0.4 is 20.1 Å². The number of nitrogens with one attached hydrogen (secondary N) is 2. The first-order chi connectivity index (χ1) is 12.7. The maximum Gasteiger partial charge on any atom is 0.257 e. The summed E-state index contributed by atoms with van der Waals surface area (Å²) < 4.78 is 11.7. The van der Waals surface area contributed by atoms with Gasteiger partial charge >= 0.3 is 0 Å². The Morgan fingerprint density at radius 3 is 2.69 bits per heavy atom. The van der Waals surface area contributed by atoms with E-state index in [0.29, 0.717) is 22.4 Å². The molecule has 3 aromatic rings. The molecule has 9 heteroatoms. The summed E-state index contributed by atoms with van der Waals surface area (Å²) in [7, 11) is 0. The van der Waals surface area contributed by atoms with Gasteiger partial charge in [0.05, 0.1) is 0 Å². The topological polar surface area (TPSA) is 85.4 Å². The number of aromatic nitrogens is 2. The Hall–Kier alpha value is -2.40. The summed E-state index contributed by atoms with van der Waals surface area (Å²) >= 11 is 3.48. The maximum absolute atomic E-state index is 12.2. The second-order valence-corrected chi connectivity index (χ2v) is 7.64. The minimum Gasteiger partial charge on any atom is -0.454 e. The van der Waals surface area contributed by atoms with E-state index in [1.807, 2.05) is 30.3 Å². The van der Waals surface area contributed by atoms with Gasteiger partial charge in [-0.25, -0.2) is 0 Å². The Kier molecular flexibility index (Phi) is 4.89. The average Bonchev–Trinajstić information content (AvgIpc) is 3.29. The van der Waals surface area contributed by atoms with Crippen LogP contribution in [0.5, 0.6) is 11.5 Å². The zero-order valence-electron chi connectivity index (χ0n) is 13.4. The minimum absolute atomic E-state index is 0.208. The Morgan fingerprint density at radius 1 is 1.08 bits per heavy atom. The first kappa shape index (κ1) is 17.0. The fraction of sp³-hybridized carbons (Fsp3) is 0.118. The normalized spacial score (nSPS) is 12.0. The molecule has 1 aliphatic heterocycles. The van der Waals surface area contributed by atoms with Crippen LogP contribution in [0.4, 0.5) is 10.3 Å². The van der Waals surface area contributed by atoms with Crippen LogP contribution in [0, 0.1) is 3.57 Å². The molecule has 0 atom stereocenters. The minimum atomic E-state index is -0.208. The Labute approximate surface area is 166 Å². The molecule has 2 heterocycles. The molecule has 0 bridgehead atoms. The molecule has 4 rings (SSSR count). The molecule has 2 N–H and O–H groups in total. The van der Waals surface area contributed by atoms with E-state index in [1.165, 1.54) is 11.3 Å². The van der Waals surface area contributed by atoms with E-state index in [-0.39, 0.29) is 12.7 Å². The highest BCUT2D eigenvalue weighted by Gasteiger charge is 2.14. The summed E-state index contributed by atoms with van der Waals surface area (Å²) in [6, 6.07) is 13.1. The standard InChI is InChI=1S/C17H13IN4O3S/c18-12-4-2-11(3-5-12)15(23)20-17-22-21-16(26-17)19-8-10-1-6-13-14(7-10)25-9-24-13/h1-7H,8-9H2,(H,19,21)(H,20,22,23). The highest BCUT2D eigenvalue weighted by Crippen LogP contribution is 2.32. The van der Waals surface area contributed by atoms with Crippen molar-refractivity contribution in [1.82, 2.24) is 10.2 Å². The molecule has 132 valence electrons. The summed E-state index contributed by atoms with van der Waals surface area (Å²) in [5.74, 6) is 1.29. The van der Waals surface area contributed by atoms with Crippen molar-refractivity contribution < 1.29 is 14.3 Å². The zero-order chi connectivity index (χ0) is 17.9. The number of carbonyl (C=O) groups is 1. The van der Waals surface area contributed by atoms with Crippen molar-refractivity contribution in [3.05, 3.63) is 57.2 Å². The largest absolute Gasteiger partial charge is 0.454 e. The van der Waals surface area contributed by atoms with Gasteiger partial charge in [-0.15, -0.1) is 10.2 Å². The van der Waals surface area contributed by atoms with E-state index in [1.54, 1.807) is 12.1 Å². The van der Waals surface area contributed by atoms with Crippen molar-refractivity contribution in [3.8, 4) is 11.5 Å². The number of nitrogens with zero attached hydrogens (tertiary/aromatic N) is 2. The molecule has 1 amide bonds. The van der Waals surface area contributed by atoms with Crippen LogP contribution in [0.3, 0.4) is 0 Å². The highest BCUT2D eigenvalue weighted by molar-refractivity contribution is 14.1. The van der Waals surface area contributed by atoms with Crippen molar-refractivity contribution in [1.29, 1.82) is 0 Å². The average molecular weight is 480 g/mol. The number of anilines is 2. The third-order valence-corrected chi connectivity index (χ3v) is 5.15. The Balaban J connectivity index is 1.35. The van der Waals surface area contributed by atoms with Crippen LogP contribution in [-0.4, -0.2) is 22.9 Å². The van der Waals surface area contributed by atoms with Crippen molar-refractivity contribution in [2.45, 2.75) is 6.54 Å². The number of ether oxygens (including phenoxy) is 2. The summed E-state index contributed by atoms with van der Waals surface area (Å²) in [6.07, 6.45) is 0. The van der Waals surface area contributed by atoms with Crippen LogP contribution in [0.1, 0.15) is 15.9 Å². The maximum atomic E-state index is 12.2. The first-order valence-corrected chi connectivity index (χ1v) is 9.60. The summed E-state index contributed by atoms with van der Waals surface area (Å²) in [4.78, 5) is 12.2. The number of hydrogen-bond donors (Lipinski definition) is 2. The Morgan fingerprint density at radius 2 is 1.85 bits per heavy atom. The molecular formula is C17H13IN4O3S. The van der Waals surface area contributed by atoms with E-state index in [9.17, 15) is 4.79 Å². The van der Waals surface area contributed by atoms with Gasteiger partial charge in [-0.1, -0.05) is 17.4 Å². The predicted molar refractivity (Wildman–Crippen MR) is 107 cm³/mol. The third kappa shape index (κ3) is 3.88. The van der Waals surface area contributed by atoms with Crippen molar-refractivity contribution in [2.24, 2.45) is 0 Å². The van der Waals surface area contributed by atoms with Gasteiger partial charge in [-0.05, 0) is 64.6 Å². The summed E-state index contributed by atoms with van der Waals surface area (Å²) in [6.45, 7) is 0.822. The van der Waals surface area contributed by atoms with Gasteiger partial charge in [0.2, 0.25) is 17.1 Å². The molecule has 0 aliphatic carbocycles. The molecule has 0 spiro atoms. The molecular weight excluding hydrogens is 467 g/mol. The number of fused-ring (bicyclic) bond motifs is 1. The van der Waals surface area contributed by atoms with Gasteiger partial charge < -0.3 is 14.8 Å². The molecule has 0 fully saturated rings. The van der Waals surface area contributed by atoms with E-state index in [4.69, 9.17) is 9.47 Å². The monoisotopic (exact) mass is 480 g/mol. The molecule has 2 aromatic carbocycles. The molecule has 1 aromatic heterocycles. The fourth-order valence-electron chi connectivity index (χ4n) is 2.34. The second-order valence-electron chi connectivity index (χ2n) is 5.41. The first-order valence-electron chi connectivity index (χ1n) is 7.70. The lowest BCUT2D eigenvalue weighted by Gasteiger charge is -2.03. The van der Waals surface area contributed by atoms with E-state index in [2.05, 4.69) is 43.4 Å². The van der Waals surface area contributed by atoms with Crippen LogP contribution >= 0.6 is 33.9 Å². The number of carbonyl (C=O) groups excluding carboxylic acids is 1. The van der Waals surface area contributed by atoms with Crippen LogP contribution in [0.25, 0.3) is 0 Å². The van der Waals surface area contributed by atoms with Gasteiger partial charge in [-0.2, -0.15) is 0 Å². The molecule has 0 saturated carbocycles. The lowest BCUT2D eigenvalue weighted by atomic mass is 10.2. The lowest BCUT2D eigenvalue weighted by molar-refractivity contribution is 0.102.